The molecule has 1 amide bonds. The predicted molar refractivity (Wildman–Crippen MR) is 110 cm³/mol. The van der Waals surface area contributed by atoms with Crippen LogP contribution in [0.25, 0.3) is 21.9 Å². The first-order chi connectivity index (χ1) is 13.9. The number of rotatable bonds is 5. The fourth-order valence-electron chi connectivity index (χ4n) is 3.05. The summed E-state index contributed by atoms with van der Waals surface area (Å²) in [7, 11) is -1.31. The van der Waals surface area contributed by atoms with Crippen molar-refractivity contribution in [2.75, 3.05) is 19.5 Å². The Labute approximate surface area is 167 Å². The predicted octanol–water partition coefficient (Wildman–Crippen LogP) is 4.02. The third kappa shape index (κ3) is 3.49. The lowest BCUT2D eigenvalue weighted by molar-refractivity contribution is -0.0258. The van der Waals surface area contributed by atoms with Gasteiger partial charge in [0.15, 0.2) is 0 Å². The normalized spacial score (nSPS) is 12.0. The number of nitrogens with zero attached hydrogens (tertiary/aromatic N) is 1. The van der Waals surface area contributed by atoms with Crippen LogP contribution in [0.15, 0.2) is 76.0 Å². The summed E-state index contributed by atoms with van der Waals surface area (Å²) in [4.78, 5) is 17.4. The van der Waals surface area contributed by atoms with Crippen molar-refractivity contribution in [1.29, 1.82) is 0 Å². The molecule has 0 atom stereocenters. The van der Waals surface area contributed by atoms with Gasteiger partial charge in [-0.25, -0.2) is 8.42 Å². The molecule has 0 bridgehead atoms. The second kappa shape index (κ2) is 7.32. The highest BCUT2D eigenvalue weighted by atomic mass is 32.2. The summed E-state index contributed by atoms with van der Waals surface area (Å²) in [6.45, 7) is 0. The summed E-state index contributed by atoms with van der Waals surface area (Å²) in [5.74, 6) is -0.433. The van der Waals surface area contributed by atoms with Crippen LogP contribution in [0.1, 0.15) is 10.4 Å². The molecule has 8 heteroatoms. The van der Waals surface area contributed by atoms with Crippen LogP contribution in [0.4, 0.5) is 5.69 Å². The Hall–Kier alpha value is -3.20. The highest BCUT2D eigenvalue weighted by molar-refractivity contribution is 7.89. The van der Waals surface area contributed by atoms with E-state index < -0.39 is 15.9 Å². The number of hydroxylamine groups is 1. The zero-order valence-corrected chi connectivity index (χ0v) is 16.6. The van der Waals surface area contributed by atoms with Crippen molar-refractivity contribution in [3.05, 3.63) is 72.3 Å². The molecule has 0 aliphatic heterocycles. The molecule has 3 aromatic carbocycles. The molecule has 0 fully saturated rings. The molecule has 1 N–H and O–H groups in total. The van der Waals surface area contributed by atoms with Crippen molar-refractivity contribution < 1.29 is 22.5 Å². The molecule has 0 saturated heterocycles. The lowest BCUT2D eigenvalue weighted by Crippen LogP contribution is -2.26. The van der Waals surface area contributed by atoms with Gasteiger partial charge >= 0.3 is 0 Å². The van der Waals surface area contributed by atoms with Crippen molar-refractivity contribution >= 4 is 43.6 Å². The van der Waals surface area contributed by atoms with Crippen molar-refractivity contribution in [3.63, 3.8) is 0 Å². The summed E-state index contributed by atoms with van der Waals surface area (Å²) < 4.78 is 31.3. The van der Waals surface area contributed by atoms with Gasteiger partial charge < -0.3 is 9.73 Å². The summed E-state index contributed by atoms with van der Waals surface area (Å²) in [5.41, 5.74) is 2.18. The second-order valence-electron chi connectivity index (χ2n) is 6.39. The van der Waals surface area contributed by atoms with Crippen LogP contribution in [-0.4, -0.2) is 33.0 Å². The number of amides is 1. The maximum Gasteiger partial charge on any atom is 0.264 e. The van der Waals surface area contributed by atoms with Gasteiger partial charge in [-0.05, 0) is 36.4 Å². The number of hydrogen-bond donors (Lipinski definition) is 1. The van der Waals surface area contributed by atoms with Gasteiger partial charge in [0, 0.05) is 35.1 Å². The maximum atomic E-state index is 12.7. The second-order valence-corrected chi connectivity index (χ2v) is 8.32. The average molecular weight is 410 g/mol. The summed E-state index contributed by atoms with van der Waals surface area (Å²) in [6.07, 6.45) is 0. The van der Waals surface area contributed by atoms with Crippen molar-refractivity contribution in [2.45, 2.75) is 4.90 Å². The van der Waals surface area contributed by atoms with E-state index in [1.165, 1.54) is 32.4 Å². The molecule has 1 heterocycles. The maximum absolute atomic E-state index is 12.7. The van der Waals surface area contributed by atoms with E-state index in [2.05, 4.69) is 5.32 Å². The van der Waals surface area contributed by atoms with Crippen molar-refractivity contribution in [2.24, 2.45) is 0 Å². The van der Waals surface area contributed by atoms with Gasteiger partial charge in [0.1, 0.15) is 11.2 Å². The lowest BCUT2D eigenvalue weighted by Gasteiger charge is -2.14. The van der Waals surface area contributed by atoms with E-state index in [-0.39, 0.29) is 10.5 Å². The van der Waals surface area contributed by atoms with Gasteiger partial charge in [-0.2, -0.15) is 0 Å². The Morgan fingerprint density at radius 2 is 1.72 bits per heavy atom. The quantitative estimate of drug-likeness (QED) is 0.502. The molecule has 0 spiro atoms. The summed E-state index contributed by atoms with van der Waals surface area (Å²) in [5, 5.41) is 4.73. The number of hydrogen-bond acceptors (Lipinski definition) is 5. The monoisotopic (exact) mass is 410 g/mol. The number of para-hydroxylation sites is 1. The molecule has 7 nitrogen and oxygen atoms in total. The first-order valence-corrected chi connectivity index (χ1v) is 10.2. The van der Waals surface area contributed by atoms with Gasteiger partial charge in [-0.15, -0.1) is 0 Å². The molecular formula is C21H18N2O5S. The van der Waals surface area contributed by atoms with Gasteiger partial charge in [0.05, 0.1) is 12.0 Å². The number of nitrogens with one attached hydrogen (secondary N) is 1. The summed E-state index contributed by atoms with van der Waals surface area (Å²) in [6, 6.07) is 18.9. The molecule has 0 aliphatic rings. The van der Waals surface area contributed by atoms with E-state index in [0.29, 0.717) is 11.3 Å². The minimum atomic E-state index is -3.85. The number of furan rings is 1. The first-order valence-electron chi connectivity index (χ1n) is 8.76. The van der Waals surface area contributed by atoms with E-state index in [4.69, 9.17) is 9.25 Å². The largest absolute Gasteiger partial charge is 0.456 e. The fourth-order valence-corrected chi connectivity index (χ4v) is 4.07. The molecule has 0 radical (unpaired) electrons. The number of sulfonamides is 1. The minimum absolute atomic E-state index is 0.0396. The van der Waals surface area contributed by atoms with Crippen LogP contribution in [-0.2, 0) is 14.9 Å². The molecule has 29 heavy (non-hydrogen) atoms. The highest BCUT2D eigenvalue weighted by Gasteiger charge is 2.22. The number of anilines is 1. The number of benzene rings is 3. The molecule has 1 aromatic heterocycles. The molecule has 0 aliphatic carbocycles. The van der Waals surface area contributed by atoms with Gasteiger partial charge in [0.2, 0.25) is 0 Å². The number of carbonyl (C=O) groups excluding carboxylic acids is 1. The van der Waals surface area contributed by atoms with E-state index in [9.17, 15) is 13.2 Å². The number of fused-ring (bicyclic) bond motifs is 3. The number of carbonyl (C=O) groups is 1. The van der Waals surface area contributed by atoms with Crippen LogP contribution in [0, 0.1) is 0 Å². The lowest BCUT2D eigenvalue weighted by atomic mass is 10.1. The molecule has 148 valence electrons. The standard InChI is InChI=1S/C21H18N2O5S/c1-23(27-2)29(25,26)16-7-5-6-14(12-16)21(24)22-15-10-11-18-17-8-3-4-9-19(17)28-20(18)13-15/h3-13H,1-2H3,(H,22,24). The average Bonchev–Trinajstić information content (AvgIpc) is 3.10. The summed E-state index contributed by atoms with van der Waals surface area (Å²) >= 11 is 0. The smallest absolute Gasteiger partial charge is 0.264 e. The van der Waals surface area contributed by atoms with Crippen molar-refractivity contribution in [1.82, 2.24) is 4.47 Å². The minimum Gasteiger partial charge on any atom is -0.456 e. The topological polar surface area (TPSA) is 88.8 Å². The SMILES string of the molecule is CON(C)S(=O)(=O)c1cccc(C(=O)Nc2ccc3c(c2)oc2ccccc23)c1. The van der Waals surface area contributed by atoms with E-state index in [1.807, 2.05) is 30.3 Å². The van der Waals surface area contributed by atoms with Gasteiger partial charge in [-0.1, -0.05) is 28.7 Å². The van der Waals surface area contributed by atoms with Crippen molar-refractivity contribution in [3.8, 4) is 0 Å². The van der Waals surface area contributed by atoms with Crippen LogP contribution < -0.4 is 5.32 Å². The van der Waals surface area contributed by atoms with E-state index in [1.54, 1.807) is 18.2 Å². The van der Waals surface area contributed by atoms with Crippen LogP contribution in [0.2, 0.25) is 0 Å². The Balaban J connectivity index is 1.63. The molecule has 4 aromatic rings. The molecular weight excluding hydrogens is 392 g/mol. The Kier molecular flexibility index (Phi) is 4.83. The zero-order chi connectivity index (χ0) is 20.6. The van der Waals surface area contributed by atoms with Crippen LogP contribution >= 0.6 is 0 Å². The third-order valence-corrected chi connectivity index (χ3v) is 6.30. The fraction of sp³-hybridized carbons (Fsp3) is 0.0952. The third-order valence-electron chi connectivity index (χ3n) is 4.63. The molecule has 0 unspecified atom stereocenters. The highest BCUT2D eigenvalue weighted by Crippen LogP contribution is 2.30. The zero-order valence-electron chi connectivity index (χ0n) is 15.7. The molecule has 0 saturated carbocycles. The van der Waals surface area contributed by atoms with Gasteiger partial charge in [0.25, 0.3) is 15.9 Å². The Bertz CT molecular complexity index is 1330. The Morgan fingerprint density at radius 1 is 0.966 bits per heavy atom. The molecule has 4 rings (SSSR count). The van der Waals surface area contributed by atoms with Crippen LogP contribution in [0.3, 0.4) is 0 Å². The first kappa shape index (κ1) is 19.1. The van der Waals surface area contributed by atoms with E-state index >= 15 is 0 Å². The van der Waals surface area contributed by atoms with Crippen LogP contribution in [0.5, 0.6) is 0 Å². The van der Waals surface area contributed by atoms with Gasteiger partial charge in [-0.3, -0.25) is 9.63 Å². The Morgan fingerprint density at radius 3 is 2.52 bits per heavy atom. The van der Waals surface area contributed by atoms with E-state index in [0.717, 1.165) is 20.8 Å².